The van der Waals surface area contributed by atoms with Crippen LogP contribution in [0.3, 0.4) is 0 Å². The number of nitrogens with zero attached hydrogens (tertiary/aromatic N) is 4. The van der Waals surface area contributed by atoms with E-state index in [1.807, 2.05) is 0 Å². The smallest absolute Gasteiger partial charge is 0.267 e. The van der Waals surface area contributed by atoms with E-state index in [2.05, 4.69) is 20.0 Å². The summed E-state index contributed by atoms with van der Waals surface area (Å²) in [7, 11) is -1.32. The number of nitrogens with one attached hydrogen (secondary N) is 1. The first-order valence-electron chi connectivity index (χ1n) is 9.38. The van der Waals surface area contributed by atoms with Gasteiger partial charge >= 0.3 is 0 Å². The summed E-state index contributed by atoms with van der Waals surface area (Å²) in [6.45, 7) is 0.376. The van der Waals surface area contributed by atoms with Crippen LogP contribution in [0.1, 0.15) is 5.69 Å². The fourth-order valence-electron chi connectivity index (χ4n) is 3.41. The molecule has 1 N–H and O–H groups in total. The minimum atomic E-state index is -4.12. The third-order valence-corrected chi connectivity index (χ3v) is 6.18. The van der Waals surface area contributed by atoms with Gasteiger partial charge in [-0.1, -0.05) is 5.16 Å². The van der Waals surface area contributed by atoms with Crippen LogP contribution in [0.15, 0.2) is 62.8 Å². The van der Waals surface area contributed by atoms with Crippen LogP contribution >= 0.6 is 0 Å². The van der Waals surface area contributed by atoms with E-state index in [-0.39, 0.29) is 22.3 Å². The van der Waals surface area contributed by atoms with Crippen LogP contribution in [0, 0.1) is 0 Å². The molecule has 164 valence electrons. The van der Waals surface area contributed by atoms with Crippen molar-refractivity contribution in [2.45, 2.75) is 11.4 Å². The van der Waals surface area contributed by atoms with E-state index in [0.717, 1.165) is 0 Å². The maximum Gasteiger partial charge on any atom is 0.267 e. The van der Waals surface area contributed by atoms with E-state index in [9.17, 15) is 8.42 Å². The highest BCUT2D eigenvalue weighted by Crippen LogP contribution is 2.36. The standard InChI is InChI=1S/C20H17N5O6S/c1-28-18-15(5-4-12-6-9-30-17(12)18)32(26,27)24-19-16-14(31-23-19)10-13(22-20(16)29-2)11-25-8-3-7-21-25/h3-10H,11H2,1-2H3,(H,23,24). The number of furan rings is 1. The topological polar surface area (TPSA) is 135 Å². The fourth-order valence-corrected chi connectivity index (χ4v) is 4.58. The van der Waals surface area contributed by atoms with Crippen molar-refractivity contribution in [3.05, 3.63) is 54.7 Å². The van der Waals surface area contributed by atoms with E-state index in [4.69, 9.17) is 18.4 Å². The molecule has 0 spiro atoms. The summed E-state index contributed by atoms with van der Waals surface area (Å²) in [6, 6.07) is 8.22. The summed E-state index contributed by atoms with van der Waals surface area (Å²) in [5.41, 5.74) is 1.24. The minimum Gasteiger partial charge on any atom is -0.491 e. The number of methoxy groups -OCH3 is 2. The van der Waals surface area contributed by atoms with Gasteiger partial charge < -0.3 is 18.4 Å². The predicted molar refractivity (Wildman–Crippen MR) is 113 cm³/mol. The molecule has 0 atom stereocenters. The number of fused-ring (bicyclic) bond motifs is 2. The van der Waals surface area contributed by atoms with E-state index < -0.39 is 10.0 Å². The molecule has 12 heteroatoms. The highest BCUT2D eigenvalue weighted by atomic mass is 32.2. The van der Waals surface area contributed by atoms with E-state index >= 15 is 0 Å². The summed E-state index contributed by atoms with van der Waals surface area (Å²) < 4.78 is 51.9. The Kier molecular flexibility index (Phi) is 4.70. The van der Waals surface area contributed by atoms with Gasteiger partial charge in [0.25, 0.3) is 10.0 Å². The van der Waals surface area contributed by atoms with Gasteiger partial charge in [-0.2, -0.15) is 5.10 Å². The Bertz CT molecular complexity index is 1520. The summed E-state index contributed by atoms with van der Waals surface area (Å²) in [4.78, 5) is 4.33. The highest BCUT2D eigenvalue weighted by molar-refractivity contribution is 7.92. The molecule has 1 aromatic carbocycles. The lowest BCUT2D eigenvalue weighted by atomic mass is 10.2. The number of sulfonamides is 1. The molecule has 32 heavy (non-hydrogen) atoms. The molecule has 4 heterocycles. The Morgan fingerprint density at radius 3 is 2.81 bits per heavy atom. The molecule has 0 aliphatic carbocycles. The van der Waals surface area contributed by atoms with Gasteiger partial charge in [0.15, 0.2) is 22.7 Å². The number of hydrogen-bond donors (Lipinski definition) is 1. The number of aromatic nitrogens is 4. The number of anilines is 1. The first-order valence-corrected chi connectivity index (χ1v) is 10.9. The molecule has 5 aromatic rings. The van der Waals surface area contributed by atoms with Crippen molar-refractivity contribution < 1.29 is 26.8 Å². The number of pyridine rings is 1. The van der Waals surface area contributed by atoms with Crippen molar-refractivity contribution in [2.24, 2.45) is 0 Å². The molecule has 0 saturated heterocycles. The second-order valence-corrected chi connectivity index (χ2v) is 8.42. The van der Waals surface area contributed by atoms with Gasteiger partial charge in [0.1, 0.15) is 10.3 Å². The second kappa shape index (κ2) is 7.57. The molecule has 0 amide bonds. The summed E-state index contributed by atoms with van der Waals surface area (Å²) >= 11 is 0. The Balaban J connectivity index is 1.55. The molecular weight excluding hydrogens is 438 g/mol. The van der Waals surface area contributed by atoms with Gasteiger partial charge in [0.2, 0.25) is 5.88 Å². The molecule has 0 aliphatic rings. The quantitative estimate of drug-likeness (QED) is 0.393. The Hall–Kier alpha value is -4.06. The van der Waals surface area contributed by atoms with Crippen LogP contribution in [0.5, 0.6) is 11.6 Å². The Morgan fingerprint density at radius 1 is 1.19 bits per heavy atom. The highest BCUT2D eigenvalue weighted by Gasteiger charge is 2.27. The number of ether oxygens (including phenoxy) is 2. The van der Waals surface area contributed by atoms with Crippen molar-refractivity contribution in [1.29, 1.82) is 0 Å². The molecule has 0 bridgehead atoms. The van der Waals surface area contributed by atoms with Crippen LogP contribution in [-0.4, -0.2) is 42.6 Å². The Labute approximate surface area is 181 Å². The summed E-state index contributed by atoms with van der Waals surface area (Å²) in [5, 5.41) is 9.04. The molecule has 0 radical (unpaired) electrons. The molecule has 0 aliphatic heterocycles. The maximum absolute atomic E-state index is 13.2. The van der Waals surface area contributed by atoms with E-state index in [1.165, 1.54) is 26.5 Å². The van der Waals surface area contributed by atoms with E-state index in [0.29, 0.717) is 34.2 Å². The van der Waals surface area contributed by atoms with Gasteiger partial charge in [0.05, 0.1) is 32.7 Å². The largest absolute Gasteiger partial charge is 0.491 e. The van der Waals surface area contributed by atoms with Crippen molar-refractivity contribution >= 4 is 37.8 Å². The van der Waals surface area contributed by atoms with Crippen LogP contribution in [0.2, 0.25) is 0 Å². The lowest BCUT2D eigenvalue weighted by Crippen LogP contribution is -2.14. The van der Waals surface area contributed by atoms with Crippen molar-refractivity contribution in [2.75, 3.05) is 18.9 Å². The predicted octanol–water partition coefficient (Wildman–Crippen LogP) is 3.03. The maximum atomic E-state index is 13.2. The van der Waals surface area contributed by atoms with E-state index in [1.54, 1.807) is 41.3 Å². The summed E-state index contributed by atoms with van der Waals surface area (Å²) in [5.74, 6) is 0.188. The molecule has 0 unspecified atom stereocenters. The molecule has 0 saturated carbocycles. The Morgan fingerprint density at radius 2 is 2.06 bits per heavy atom. The number of benzene rings is 1. The molecule has 5 rings (SSSR count). The van der Waals surface area contributed by atoms with Gasteiger partial charge in [-0.3, -0.25) is 9.40 Å². The van der Waals surface area contributed by atoms with Crippen LogP contribution in [0.25, 0.3) is 21.9 Å². The number of rotatable bonds is 7. The van der Waals surface area contributed by atoms with Gasteiger partial charge in [-0.15, -0.1) is 0 Å². The zero-order valence-electron chi connectivity index (χ0n) is 17.0. The van der Waals surface area contributed by atoms with Crippen molar-refractivity contribution in [3.8, 4) is 11.6 Å². The second-order valence-electron chi connectivity index (χ2n) is 6.77. The van der Waals surface area contributed by atoms with Gasteiger partial charge in [-0.05, 0) is 24.3 Å². The molecule has 0 fully saturated rings. The average Bonchev–Trinajstić information content (AvgIpc) is 3.53. The monoisotopic (exact) mass is 455 g/mol. The molecule has 11 nitrogen and oxygen atoms in total. The normalized spacial score (nSPS) is 11.8. The first-order chi connectivity index (χ1) is 15.5. The number of hydrogen-bond acceptors (Lipinski definition) is 9. The van der Waals surface area contributed by atoms with Gasteiger partial charge in [-0.25, -0.2) is 13.4 Å². The zero-order chi connectivity index (χ0) is 22.3. The van der Waals surface area contributed by atoms with Crippen LogP contribution < -0.4 is 14.2 Å². The SMILES string of the molecule is COc1c(S(=O)(=O)Nc2noc3cc(Cn4cccn4)nc(OC)c23)ccc2ccoc12. The third-order valence-electron chi connectivity index (χ3n) is 4.82. The van der Waals surface area contributed by atoms with Crippen LogP contribution in [0.4, 0.5) is 5.82 Å². The van der Waals surface area contributed by atoms with Gasteiger partial charge in [0, 0.05) is 23.8 Å². The lowest BCUT2D eigenvalue weighted by molar-refractivity contribution is 0.398. The fraction of sp³-hybridized carbons (Fsp3) is 0.150. The van der Waals surface area contributed by atoms with Crippen molar-refractivity contribution in [1.82, 2.24) is 19.9 Å². The minimum absolute atomic E-state index is 0.0587. The third kappa shape index (κ3) is 3.30. The molecule has 4 aromatic heterocycles. The lowest BCUT2D eigenvalue weighted by Gasteiger charge is -2.11. The average molecular weight is 455 g/mol. The molecular formula is C20H17N5O6S. The summed E-state index contributed by atoms with van der Waals surface area (Å²) in [6.07, 6.45) is 4.91. The zero-order valence-corrected chi connectivity index (χ0v) is 17.8. The van der Waals surface area contributed by atoms with Crippen LogP contribution in [-0.2, 0) is 16.6 Å². The van der Waals surface area contributed by atoms with Crippen molar-refractivity contribution in [3.63, 3.8) is 0 Å². The first kappa shape index (κ1) is 19.9.